The average molecular weight is 329 g/mol. The Kier molecular flexibility index (Phi) is 4.36. The number of carbonyl (C=O) groups is 1. The van der Waals surface area contributed by atoms with E-state index in [2.05, 4.69) is 0 Å². The lowest BCUT2D eigenvalue weighted by Gasteiger charge is -2.28. The lowest BCUT2D eigenvalue weighted by atomic mass is 9.91. The van der Waals surface area contributed by atoms with E-state index < -0.39 is 51.2 Å². The first-order valence-corrected chi connectivity index (χ1v) is 5.02. The van der Waals surface area contributed by atoms with Crippen molar-refractivity contribution in [3.63, 3.8) is 0 Å². The molecular weight excluding hydrogens is 328 g/mol. The van der Waals surface area contributed by atoms with Gasteiger partial charge in [0.1, 0.15) is 0 Å². The van der Waals surface area contributed by atoms with Crippen molar-refractivity contribution in [1.29, 1.82) is 0 Å². The normalized spacial score (nSPS) is 27.7. The third-order valence-corrected chi connectivity index (χ3v) is 3.14. The first kappa shape index (κ1) is 16.0. The van der Waals surface area contributed by atoms with Crippen LogP contribution in [0.3, 0.4) is 0 Å². The Morgan fingerprint density at radius 1 is 1.16 bits per heavy atom. The fourth-order valence-corrected chi connectivity index (χ4v) is 1.63. The summed E-state index contributed by atoms with van der Waals surface area (Å²) in [6.07, 6.45) is -6.67. The van der Waals surface area contributed by atoms with Gasteiger partial charge in [-0.05, 0) is 11.6 Å². The van der Waals surface area contributed by atoms with Crippen LogP contribution in [0.15, 0.2) is 35.0 Å². The topological polar surface area (TPSA) is 17.1 Å². The smallest absolute Gasteiger partial charge is 0.279 e. The number of rotatable bonds is 2. The monoisotopic (exact) mass is 328 g/mol. The van der Waals surface area contributed by atoms with Crippen LogP contribution >= 0.6 is 23.2 Å². The lowest BCUT2D eigenvalue weighted by molar-refractivity contribution is -0.115. The predicted octanol–water partition coefficient (Wildman–Crippen LogP) is 4.53. The lowest BCUT2D eigenvalue weighted by Crippen LogP contribution is -2.44. The van der Waals surface area contributed by atoms with Gasteiger partial charge < -0.3 is 0 Å². The van der Waals surface area contributed by atoms with Crippen LogP contribution < -0.4 is 0 Å². The fourth-order valence-electron chi connectivity index (χ4n) is 1.27. The van der Waals surface area contributed by atoms with E-state index in [1.54, 1.807) is 0 Å². The van der Waals surface area contributed by atoms with Crippen LogP contribution in [-0.4, -0.2) is 16.3 Å². The molecule has 0 amide bonds. The van der Waals surface area contributed by atoms with Gasteiger partial charge in [-0.15, -0.1) is 0 Å². The zero-order valence-electron chi connectivity index (χ0n) is 8.39. The van der Waals surface area contributed by atoms with Crippen LogP contribution in [0.2, 0.25) is 0 Å². The first-order chi connectivity index (χ1) is 8.56. The van der Waals surface area contributed by atoms with Gasteiger partial charge in [0.2, 0.25) is 10.7 Å². The molecule has 0 aliphatic heterocycles. The quantitative estimate of drug-likeness (QED) is 0.413. The molecule has 0 saturated carbocycles. The first-order valence-electron chi connectivity index (χ1n) is 4.26. The van der Waals surface area contributed by atoms with Crippen molar-refractivity contribution in [2.45, 2.75) is 11.0 Å². The fraction of sp³-hybridized carbons (Fsp3) is 0.222. The number of allylic oxidation sites excluding steroid dienone is 5. The van der Waals surface area contributed by atoms with Crippen molar-refractivity contribution < 1.29 is 35.5 Å². The third-order valence-electron chi connectivity index (χ3n) is 2.21. The van der Waals surface area contributed by atoms with Crippen LogP contribution in [0.25, 0.3) is 0 Å². The van der Waals surface area contributed by atoms with E-state index in [4.69, 9.17) is 23.2 Å². The van der Waals surface area contributed by atoms with Crippen LogP contribution in [0.5, 0.6) is 0 Å². The van der Waals surface area contributed by atoms with Crippen molar-refractivity contribution in [1.82, 2.24) is 0 Å². The Hall–Kier alpha value is -1.02. The van der Waals surface area contributed by atoms with Crippen molar-refractivity contribution in [3.05, 3.63) is 35.0 Å². The second-order valence-electron chi connectivity index (χ2n) is 3.27. The molecule has 0 radical (unpaired) electrons. The SMILES string of the molecule is O=C(Cl)C1(Cl)C(F)=C(F)C(C(F)=C(F)F)=C(F)C1F. The highest BCUT2D eigenvalue weighted by molar-refractivity contribution is 6.71. The van der Waals surface area contributed by atoms with Gasteiger partial charge in [-0.3, -0.25) is 4.79 Å². The number of hydrogen-bond donors (Lipinski definition) is 0. The maximum atomic E-state index is 13.4. The Morgan fingerprint density at radius 3 is 2.00 bits per heavy atom. The third kappa shape index (κ3) is 2.27. The molecule has 0 aromatic rings. The largest absolute Gasteiger partial charge is 0.306 e. The Morgan fingerprint density at radius 2 is 1.63 bits per heavy atom. The highest BCUT2D eigenvalue weighted by Gasteiger charge is 2.57. The summed E-state index contributed by atoms with van der Waals surface area (Å²) in [5, 5.41) is -2.03. The van der Waals surface area contributed by atoms with Gasteiger partial charge in [0, 0.05) is 0 Å². The van der Waals surface area contributed by atoms with Gasteiger partial charge in [-0.2, -0.15) is 8.78 Å². The molecule has 2 unspecified atom stereocenters. The Balaban J connectivity index is 3.63. The molecule has 1 aliphatic carbocycles. The van der Waals surface area contributed by atoms with Crippen LogP contribution in [0, 0.1) is 0 Å². The number of carbonyl (C=O) groups excluding carboxylic acids is 1. The molecule has 0 spiro atoms. The zero-order valence-corrected chi connectivity index (χ0v) is 9.90. The summed E-state index contributed by atoms with van der Waals surface area (Å²) in [4.78, 5) is 7.15. The van der Waals surface area contributed by atoms with Gasteiger partial charge in [0.15, 0.2) is 23.7 Å². The molecule has 1 aliphatic rings. The van der Waals surface area contributed by atoms with E-state index in [0.29, 0.717) is 0 Å². The molecule has 0 aromatic heterocycles. The molecule has 0 fully saturated rings. The van der Waals surface area contributed by atoms with Gasteiger partial charge in [-0.25, -0.2) is 22.0 Å². The predicted molar refractivity (Wildman–Crippen MR) is 52.1 cm³/mol. The molecular formula is C9HCl2F7O. The minimum absolute atomic E-state index is 2.03. The van der Waals surface area contributed by atoms with E-state index >= 15 is 0 Å². The van der Waals surface area contributed by atoms with Gasteiger partial charge in [0.25, 0.3) is 5.24 Å². The number of alkyl halides is 2. The van der Waals surface area contributed by atoms with Crippen LogP contribution in [-0.2, 0) is 4.79 Å². The maximum Gasteiger partial charge on any atom is 0.306 e. The average Bonchev–Trinajstić information content (AvgIpc) is 2.33. The Bertz CT molecular complexity index is 535. The van der Waals surface area contributed by atoms with Crippen molar-refractivity contribution in [3.8, 4) is 0 Å². The van der Waals surface area contributed by atoms with Crippen molar-refractivity contribution in [2.75, 3.05) is 0 Å². The Labute approximate surface area is 111 Å². The standard InChI is InChI=1S/C9HCl2F7O/c10-8(19)9(11)5(15)2(12)1(3(13)6(9)16)4(14)7(17)18/h5H. The summed E-state index contributed by atoms with van der Waals surface area (Å²) in [7, 11) is 0. The highest BCUT2D eigenvalue weighted by Crippen LogP contribution is 2.49. The number of halogens is 9. The van der Waals surface area contributed by atoms with E-state index in [9.17, 15) is 35.5 Å². The molecule has 19 heavy (non-hydrogen) atoms. The highest BCUT2D eigenvalue weighted by atomic mass is 35.5. The van der Waals surface area contributed by atoms with Gasteiger partial charge >= 0.3 is 6.08 Å². The molecule has 2 atom stereocenters. The molecule has 0 N–H and O–H groups in total. The molecule has 0 bridgehead atoms. The summed E-state index contributed by atoms with van der Waals surface area (Å²) in [5.74, 6) is -10.4. The van der Waals surface area contributed by atoms with Crippen molar-refractivity contribution in [2.24, 2.45) is 0 Å². The molecule has 0 saturated heterocycles. The van der Waals surface area contributed by atoms with E-state index in [1.165, 1.54) is 0 Å². The molecule has 1 rings (SSSR count). The second-order valence-corrected chi connectivity index (χ2v) is 4.21. The van der Waals surface area contributed by atoms with E-state index in [0.717, 1.165) is 0 Å². The molecule has 106 valence electrons. The molecule has 0 aromatic carbocycles. The summed E-state index contributed by atoms with van der Waals surface area (Å²) in [6.45, 7) is 0. The molecule has 0 heterocycles. The molecule has 10 heteroatoms. The summed E-state index contributed by atoms with van der Waals surface area (Å²) < 4.78 is 89.9. The van der Waals surface area contributed by atoms with E-state index in [1.807, 2.05) is 0 Å². The summed E-state index contributed by atoms with van der Waals surface area (Å²) >= 11 is 9.73. The van der Waals surface area contributed by atoms with Crippen LogP contribution in [0.1, 0.15) is 0 Å². The minimum Gasteiger partial charge on any atom is -0.279 e. The second kappa shape index (κ2) is 5.16. The number of hydrogen-bond acceptors (Lipinski definition) is 1. The van der Waals surface area contributed by atoms with Gasteiger partial charge in [0.05, 0.1) is 5.57 Å². The maximum absolute atomic E-state index is 13.4. The van der Waals surface area contributed by atoms with Crippen molar-refractivity contribution >= 4 is 28.4 Å². The summed E-state index contributed by atoms with van der Waals surface area (Å²) in [6, 6.07) is 0. The van der Waals surface area contributed by atoms with Crippen LogP contribution in [0.4, 0.5) is 30.7 Å². The minimum atomic E-state index is -3.60. The zero-order chi connectivity index (χ0) is 15.1. The van der Waals surface area contributed by atoms with E-state index in [-0.39, 0.29) is 0 Å². The van der Waals surface area contributed by atoms with Gasteiger partial charge in [-0.1, -0.05) is 11.6 Å². The molecule has 1 nitrogen and oxygen atoms in total. The summed E-state index contributed by atoms with van der Waals surface area (Å²) in [5.41, 5.74) is -2.28.